The highest BCUT2D eigenvalue weighted by Crippen LogP contribution is 2.83. The van der Waals surface area contributed by atoms with E-state index in [9.17, 15) is 0 Å². The van der Waals surface area contributed by atoms with Crippen molar-refractivity contribution in [2.45, 2.75) is 6.42 Å². The fourth-order valence-corrected chi connectivity index (χ4v) is 3.46. The molecule has 4 rings (SSSR count). The second-order valence-corrected chi connectivity index (χ2v) is 3.94. The van der Waals surface area contributed by atoms with Gasteiger partial charge in [0.25, 0.3) is 0 Å². The number of hydrogen-bond donors (Lipinski definition) is 0. The first kappa shape index (κ1) is 3.24. The van der Waals surface area contributed by atoms with Gasteiger partial charge in [0.1, 0.15) is 0 Å². The van der Waals surface area contributed by atoms with Gasteiger partial charge in [-0.25, -0.2) is 0 Å². The van der Waals surface area contributed by atoms with Crippen LogP contribution in [-0.2, 0) is 0 Å². The van der Waals surface area contributed by atoms with Gasteiger partial charge in [-0.1, -0.05) is 0 Å². The Bertz CT molecular complexity index is 137. The first-order valence-corrected chi connectivity index (χ1v) is 3.73. The Morgan fingerprint density at radius 2 is 1.62 bits per heavy atom. The van der Waals surface area contributed by atoms with Crippen LogP contribution in [0.4, 0.5) is 0 Å². The molecule has 0 saturated heterocycles. The van der Waals surface area contributed by atoms with Crippen molar-refractivity contribution in [1.82, 2.24) is 0 Å². The zero-order valence-corrected chi connectivity index (χ0v) is 4.67. The van der Waals surface area contributed by atoms with Gasteiger partial charge in [0, 0.05) is 0 Å². The molecule has 0 aromatic carbocycles. The summed E-state index contributed by atoms with van der Waals surface area (Å²) in [5.41, 5.74) is 0. The van der Waals surface area contributed by atoms with Crippen LogP contribution in [0.15, 0.2) is 0 Å². The molecule has 0 amide bonds. The second kappa shape index (κ2) is 0.630. The van der Waals surface area contributed by atoms with Crippen molar-refractivity contribution >= 4 is 0 Å². The molecule has 8 heavy (non-hydrogen) atoms. The average molecular weight is 104 g/mol. The van der Waals surface area contributed by atoms with Gasteiger partial charge in [-0.2, -0.15) is 0 Å². The first-order valence-electron chi connectivity index (χ1n) is 3.73. The molecule has 4 saturated carbocycles. The lowest BCUT2D eigenvalue weighted by molar-refractivity contribution is 0.540. The van der Waals surface area contributed by atoms with E-state index in [-0.39, 0.29) is 0 Å². The van der Waals surface area contributed by atoms with Crippen molar-refractivity contribution in [3.63, 3.8) is 0 Å². The minimum absolute atomic E-state index is 1.02. The van der Waals surface area contributed by atoms with E-state index in [0.29, 0.717) is 0 Å². The SMILES string of the molecule is [C]1C2C3CC4C1C4C23. The van der Waals surface area contributed by atoms with Crippen molar-refractivity contribution in [2.24, 2.45) is 35.5 Å². The van der Waals surface area contributed by atoms with Gasteiger partial charge in [-0.3, -0.25) is 0 Å². The van der Waals surface area contributed by atoms with E-state index in [1.807, 2.05) is 0 Å². The normalized spacial score (nSPS) is 87.0. The molecule has 0 N–H and O–H groups in total. The standard InChI is InChI=1S/C8H8/c1-3-5-2-6-4(1)8(6)7(3)5/h3-8H,1H2. The zero-order chi connectivity index (χ0) is 4.88. The Balaban J connectivity index is 2.04. The summed E-state index contributed by atoms with van der Waals surface area (Å²) in [5, 5.41) is 0. The quantitative estimate of drug-likeness (QED) is 0.433. The molecule has 0 heteroatoms. The Labute approximate surface area is 49.3 Å². The number of fused-ring (bicyclic) bond motifs is 2. The highest BCUT2D eigenvalue weighted by Gasteiger charge is 2.79. The minimum Gasteiger partial charge on any atom is -0.0464 e. The minimum atomic E-state index is 1.02. The molecule has 4 fully saturated rings. The fourth-order valence-electron chi connectivity index (χ4n) is 3.46. The molecule has 0 nitrogen and oxygen atoms in total. The molecule has 40 valence electrons. The van der Waals surface area contributed by atoms with Crippen molar-refractivity contribution < 1.29 is 0 Å². The van der Waals surface area contributed by atoms with Crippen LogP contribution in [0.1, 0.15) is 6.42 Å². The Morgan fingerprint density at radius 3 is 1.75 bits per heavy atom. The van der Waals surface area contributed by atoms with Gasteiger partial charge in [0.05, 0.1) is 0 Å². The van der Waals surface area contributed by atoms with E-state index in [2.05, 4.69) is 6.42 Å². The van der Waals surface area contributed by atoms with Crippen LogP contribution >= 0.6 is 0 Å². The molecule has 0 heterocycles. The van der Waals surface area contributed by atoms with Crippen LogP contribution in [0.3, 0.4) is 0 Å². The molecular formula is C8H8. The van der Waals surface area contributed by atoms with Crippen molar-refractivity contribution in [2.75, 3.05) is 0 Å². The lowest BCUT2D eigenvalue weighted by Gasteiger charge is -2.03. The summed E-state index contributed by atoms with van der Waals surface area (Å²) in [6, 6.07) is 0. The zero-order valence-electron chi connectivity index (χ0n) is 4.67. The van der Waals surface area contributed by atoms with Crippen LogP contribution in [-0.4, -0.2) is 0 Å². The van der Waals surface area contributed by atoms with Gasteiger partial charge in [-0.05, 0) is 48.3 Å². The molecule has 0 aromatic rings. The van der Waals surface area contributed by atoms with Gasteiger partial charge in [-0.15, -0.1) is 0 Å². The monoisotopic (exact) mass is 104 g/mol. The van der Waals surface area contributed by atoms with Crippen LogP contribution in [0, 0.1) is 41.9 Å². The third-order valence-corrected chi connectivity index (χ3v) is 3.83. The van der Waals surface area contributed by atoms with Crippen molar-refractivity contribution in [3.8, 4) is 0 Å². The number of hydrogen-bond acceptors (Lipinski definition) is 0. The summed E-state index contributed by atoms with van der Waals surface area (Å²) in [6.07, 6.45) is 5.26. The summed E-state index contributed by atoms with van der Waals surface area (Å²) >= 11 is 0. The van der Waals surface area contributed by atoms with Gasteiger partial charge < -0.3 is 0 Å². The molecule has 2 radical (unpaired) electrons. The predicted octanol–water partition coefficient (Wildman–Crippen LogP) is 1.21. The summed E-state index contributed by atoms with van der Waals surface area (Å²) < 4.78 is 0. The molecule has 4 aliphatic rings. The molecule has 6 atom stereocenters. The van der Waals surface area contributed by atoms with Gasteiger partial charge in [0.15, 0.2) is 0 Å². The van der Waals surface area contributed by atoms with E-state index in [1.165, 1.54) is 11.8 Å². The largest absolute Gasteiger partial charge is 0.0464 e. The Morgan fingerprint density at radius 1 is 1.00 bits per heavy atom. The third kappa shape index (κ3) is 0.146. The topological polar surface area (TPSA) is 0 Å². The van der Waals surface area contributed by atoms with Crippen molar-refractivity contribution in [3.05, 3.63) is 6.42 Å². The molecule has 0 spiro atoms. The van der Waals surface area contributed by atoms with Crippen LogP contribution in [0.25, 0.3) is 0 Å². The van der Waals surface area contributed by atoms with Crippen LogP contribution in [0.5, 0.6) is 0 Å². The Kier molecular flexibility index (Phi) is 0.255. The van der Waals surface area contributed by atoms with E-state index in [1.54, 1.807) is 6.42 Å². The predicted molar refractivity (Wildman–Crippen MR) is 28.8 cm³/mol. The van der Waals surface area contributed by atoms with E-state index >= 15 is 0 Å². The van der Waals surface area contributed by atoms with Crippen LogP contribution in [0.2, 0.25) is 0 Å². The van der Waals surface area contributed by atoms with E-state index in [0.717, 1.165) is 23.7 Å². The maximum Gasteiger partial charge on any atom is -0.00939 e. The second-order valence-electron chi connectivity index (χ2n) is 3.94. The van der Waals surface area contributed by atoms with Gasteiger partial charge in [0.2, 0.25) is 0 Å². The van der Waals surface area contributed by atoms with Gasteiger partial charge >= 0.3 is 0 Å². The van der Waals surface area contributed by atoms with Crippen LogP contribution < -0.4 is 0 Å². The smallest absolute Gasteiger partial charge is 0.00939 e. The summed E-state index contributed by atoms with van der Waals surface area (Å²) in [4.78, 5) is 0. The lowest BCUT2D eigenvalue weighted by Crippen LogP contribution is -1.96. The summed E-state index contributed by atoms with van der Waals surface area (Å²) in [7, 11) is 0. The number of rotatable bonds is 0. The molecule has 6 unspecified atom stereocenters. The Hall–Kier alpha value is 0. The molecule has 0 aliphatic heterocycles. The third-order valence-electron chi connectivity index (χ3n) is 3.83. The molecule has 0 aromatic heterocycles. The highest BCUT2D eigenvalue weighted by atomic mass is 14.8. The summed E-state index contributed by atoms with van der Waals surface area (Å²) in [6.45, 7) is 0. The summed E-state index contributed by atoms with van der Waals surface area (Å²) in [5.74, 6) is 6.74. The molecular weight excluding hydrogens is 96.1 g/mol. The van der Waals surface area contributed by atoms with Crippen molar-refractivity contribution in [1.29, 1.82) is 0 Å². The molecule has 0 bridgehead atoms. The highest BCUT2D eigenvalue weighted by molar-refractivity contribution is 5.33. The average Bonchev–Trinajstić information content (AvgIpc) is 2.56. The first-order chi connectivity index (χ1) is 3.97. The maximum absolute atomic E-state index is 3.66. The lowest BCUT2D eigenvalue weighted by atomic mass is 10.0. The fraction of sp³-hybridized carbons (Fsp3) is 0.875. The maximum atomic E-state index is 3.66. The molecule has 4 aliphatic carbocycles. The van der Waals surface area contributed by atoms with E-state index < -0.39 is 0 Å². The van der Waals surface area contributed by atoms with E-state index in [4.69, 9.17) is 0 Å².